The number of hydrogen-bond donors (Lipinski definition) is 0. The first kappa shape index (κ1) is 13.5. The SMILES string of the molecule is Cc1ccc(CC(CCl)c2ccccc2)c(Cl)c1. The van der Waals surface area contributed by atoms with E-state index in [0.29, 0.717) is 11.8 Å². The highest BCUT2D eigenvalue weighted by atomic mass is 35.5. The van der Waals surface area contributed by atoms with Crippen LogP contribution in [0.3, 0.4) is 0 Å². The smallest absolute Gasteiger partial charge is 0.0440 e. The van der Waals surface area contributed by atoms with Gasteiger partial charge >= 0.3 is 0 Å². The molecule has 0 bridgehead atoms. The van der Waals surface area contributed by atoms with Gasteiger partial charge in [-0.2, -0.15) is 0 Å². The van der Waals surface area contributed by atoms with Crippen LogP contribution in [0.5, 0.6) is 0 Å². The van der Waals surface area contributed by atoms with E-state index < -0.39 is 0 Å². The standard InChI is InChI=1S/C16H16Cl2/c1-12-7-8-14(16(18)9-12)10-15(11-17)13-5-3-2-4-6-13/h2-9,15H,10-11H2,1H3. The van der Waals surface area contributed by atoms with Gasteiger partial charge in [-0.3, -0.25) is 0 Å². The lowest BCUT2D eigenvalue weighted by Crippen LogP contribution is -2.05. The summed E-state index contributed by atoms with van der Waals surface area (Å²) in [6, 6.07) is 16.6. The van der Waals surface area contributed by atoms with Gasteiger partial charge < -0.3 is 0 Å². The number of halogens is 2. The van der Waals surface area contributed by atoms with E-state index in [1.807, 2.05) is 31.2 Å². The van der Waals surface area contributed by atoms with Gasteiger partial charge in [-0.1, -0.05) is 54.1 Å². The van der Waals surface area contributed by atoms with Crippen LogP contribution < -0.4 is 0 Å². The maximum absolute atomic E-state index is 6.27. The molecule has 1 atom stereocenters. The third kappa shape index (κ3) is 3.28. The lowest BCUT2D eigenvalue weighted by molar-refractivity contribution is 0.766. The first-order valence-electron chi connectivity index (χ1n) is 6.06. The van der Waals surface area contributed by atoms with Crippen LogP contribution in [0.4, 0.5) is 0 Å². The van der Waals surface area contributed by atoms with Crippen LogP contribution >= 0.6 is 23.2 Å². The van der Waals surface area contributed by atoms with Gasteiger partial charge in [0.05, 0.1) is 0 Å². The number of alkyl halides is 1. The van der Waals surface area contributed by atoms with Crippen molar-refractivity contribution >= 4 is 23.2 Å². The second-order valence-corrected chi connectivity index (χ2v) is 5.28. The van der Waals surface area contributed by atoms with Crippen LogP contribution in [0.15, 0.2) is 48.5 Å². The molecule has 0 heterocycles. The molecule has 0 nitrogen and oxygen atoms in total. The predicted octanol–water partition coefficient (Wildman–Crippen LogP) is 5.21. The molecule has 0 aliphatic carbocycles. The molecule has 2 aromatic carbocycles. The molecule has 94 valence electrons. The predicted molar refractivity (Wildman–Crippen MR) is 79.8 cm³/mol. The van der Waals surface area contributed by atoms with Crippen molar-refractivity contribution in [2.24, 2.45) is 0 Å². The molecule has 18 heavy (non-hydrogen) atoms. The molecular weight excluding hydrogens is 263 g/mol. The molecule has 0 amide bonds. The van der Waals surface area contributed by atoms with E-state index in [-0.39, 0.29) is 0 Å². The summed E-state index contributed by atoms with van der Waals surface area (Å²) >= 11 is 12.4. The summed E-state index contributed by atoms with van der Waals surface area (Å²) in [5, 5.41) is 0.834. The highest BCUT2D eigenvalue weighted by Gasteiger charge is 2.12. The maximum atomic E-state index is 6.27. The second kappa shape index (κ2) is 6.26. The molecule has 0 aliphatic rings. The van der Waals surface area contributed by atoms with Crippen molar-refractivity contribution in [1.82, 2.24) is 0 Å². The van der Waals surface area contributed by atoms with Crippen LogP contribution in [-0.2, 0) is 6.42 Å². The minimum Gasteiger partial charge on any atom is -0.126 e. The Labute approximate surface area is 119 Å². The van der Waals surface area contributed by atoms with Crippen molar-refractivity contribution in [2.45, 2.75) is 19.3 Å². The van der Waals surface area contributed by atoms with Crippen LogP contribution in [0.1, 0.15) is 22.6 Å². The van der Waals surface area contributed by atoms with Crippen molar-refractivity contribution in [3.63, 3.8) is 0 Å². The Morgan fingerprint density at radius 1 is 1.06 bits per heavy atom. The van der Waals surface area contributed by atoms with E-state index in [0.717, 1.165) is 17.0 Å². The molecule has 0 radical (unpaired) electrons. The van der Waals surface area contributed by atoms with Crippen LogP contribution in [0.2, 0.25) is 5.02 Å². The van der Waals surface area contributed by atoms with E-state index >= 15 is 0 Å². The summed E-state index contributed by atoms with van der Waals surface area (Å²) in [6.07, 6.45) is 0.882. The Balaban J connectivity index is 2.21. The first-order valence-corrected chi connectivity index (χ1v) is 6.98. The molecule has 0 aliphatic heterocycles. The molecule has 0 saturated carbocycles. The van der Waals surface area contributed by atoms with E-state index in [9.17, 15) is 0 Å². The molecule has 0 N–H and O–H groups in total. The summed E-state index contributed by atoms with van der Waals surface area (Å²) in [5.74, 6) is 0.918. The van der Waals surface area contributed by atoms with Crippen LogP contribution in [-0.4, -0.2) is 5.88 Å². The summed E-state index contributed by atoms with van der Waals surface area (Å²) in [5.41, 5.74) is 3.62. The highest BCUT2D eigenvalue weighted by molar-refractivity contribution is 6.31. The van der Waals surface area contributed by atoms with Gasteiger partial charge in [0.15, 0.2) is 0 Å². The zero-order valence-electron chi connectivity index (χ0n) is 10.4. The van der Waals surface area contributed by atoms with Gasteiger partial charge in [-0.25, -0.2) is 0 Å². The van der Waals surface area contributed by atoms with Crippen molar-refractivity contribution in [1.29, 1.82) is 0 Å². The molecule has 0 aromatic heterocycles. The third-order valence-corrected chi connectivity index (χ3v) is 3.86. The van der Waals surface area contributed by atoms with Crippen molar-refractivity contribution in [3.05, 3.63) is 70.2 Å². The molecule has 0 spiro atoms. The summed E-state index contributed by atoms with van der Waals surface area (Å²) in [6.45, 7) is 2.05. The molecule has 2 rings (SSSR count). The van der Waals surface area contributed by atoms with E-state index in [1.54, 1.807) is 0 Å². The normalized spacial score (nSPS) is 12.4. The summed E-state index contributed by atoms with van der Waals surface area (Å²) in [7, 11) is 0. The molecule has 2 aromatic rings. The number of aryl methyl sites for hydroxylation is 1. The Hall–Kier alpha value is -0.980. The number of benzene rings is 2. The van der Waals surface area contributed by atoms with Crippen LogP contribution in [0, 0.1) is 6.92 Å². The zero-order valence-corrected chi connectivity index (χ0v) is 11.9. The van der Waals surface area contributed by atoms with Crippen molar-refractivity contribution in [2.75, 3.05) is 5.88 Å². The molecule has 1 unspecified atom stereocenters. The Morgan fingerprint density at radius 3 is 2.39 bits per heavy atom. The third-order valence-electron chi connectivity index (χ3n) is 3.13. The lowest BCUT2D eigenvalue weighted by Gasteiger charge is -2.15. The highest BCUT2D eigenvalue weighted by Crippen LogP contribution is 2.26. The largest absolute Gasteiger partial charge is 0.126 e. The number of rotatable bonds is 4. The van der Waals surface area contributed by atoms with Gasteiger partial charge in [0.1, 0.15) is 0 Å². The Kier molecular flexibility index (Phi) is 4.68. The topological polar surface area (TPSA) is 0 Å². The Morgan fingerprint density at radius 2 is 1.78 bits per heavy atom. The monoisotopic (exact) mass is 278 g/mol. The summed E-state index contributed by atoms with van der Waals surface area (Å²) in [4.78, 5) is 0. The van der Waals surface area contributed by atoms with Crippen molar-refractivity contribution in [3.8, 4) is 0 Å². The van der Waals surface area contributed by atoms with Crippen LogP contribution in [0.25, 0.3) is 0 Å². The fourth-order valence-electron chi connectivity index (χ4n) is 2.07. The Bertz CT molecular complexity index is 506. The average molecular weight is 279 g/mol. The maximum Gasteiger partial charge on any atom is 0.0440 e. The summed E-state index contributed by atoms with van der Waals surface area (Å²) < 4.78 is 0. The van der Waals surface area contributed by atoms with Gasteiger partial charge in [0.25, 0.3) is 0 Å². The fourth-order valence-corrected chi connectivity index (χ4v) is 2.67. The zero-order chi connectivity index (χ0) is 13.0. The van der Waals surface area contributed by atoms with Gasteiger partial charge in [-0.05, 0) is 36.1 Å². The molecule has 0 saturated heterocycles. The van der Waals surface area contributed by atoms with Gasteiger partial charge in [0.2, 0.25) is 0 Å². The number of hydrogen-bond acceptors (Lipinski definition) is 0. The quantitative estimate of drug-likeness (QED) is 0.674. The minimum absolute atomic E-state index is 0.313. The molecule has 2 heteroatoms. The van der Waals surface area contributed by atoms with Crippen molar-refractivity contribution < 1.29 is 0 Å². The van der Waals surface area contributed by atoms with Gasteiger partial charge in [-0.15, -0.1) is 11.6 Å². The fraction of sp³-hybridized carbons (Fsp3) is 0.250. The molecular formula is C16H16Cl2. The second-order valence-electron chi connectivity index (χ2n) is 4.56. The van der Waals surface area contributed by atoms with E-state index in [1.165, 1.54) is 11.1 Å². The lowest BCUT2D eigenvalue weighted by atomic mass is 9.93. The van der Waals surface area contributed by atoms with E-state index in [2.05, 4.69) is 24.3 Å². The molecule has 0 fully saturated rings. The first-order chi connectivity index (χ1) is 8.70. The minimum atomic E-state index is 0.313. The average Bonchev–Trinajstić information content (AvgIpc) is 2.39. The van der Waals surface area contributed by atoms with Gasteiger partial charge in [0, 0.05) is 16.8 Å². The van der Waals surface area contributed by atoms with E-state index in [4.69, 9.17) is 23.2 Å².